The molecule has 0 bridgehead atoms. The molecule has 38 heavy (non-hydrogen) atoms. The molecule has 2 aliphatic rings. The number of hydrogen-bond donors (Lipinski definition) is 2. The van der Waals surface area contributed by atoms with Crippen LogP contribution in [0, 0.1) is 11.7 Å². The van der Waals surface area contributed by atoms with Crippen LogP contribution >= 0.6 is 0 Å². The molecule has 2 aromatic carbocycles. The summed E-state index contributed by atoms with van der Waals surface area (Å²) in [6, 6.07) is 14.8. The molecule has 1 saturated heterocycles. The van der Waals surface area contributed by atoms with E-state index in [0.717, 1.165) is 13.1 Å². The molecule has 1 aliphatic heterocycles. The summed E-state index contributed by atoms with van der Waals surface area (Å²) in [4.78, 5) is 24.1. The Bertz CT molecular complexity index is 1330. The van der Waals surface area contributed by atoms with Gasteiger partial charge >= 0.3 is 12.1 Å². The Balaban J connectivity index is 0.000000426. The van der Waals surface area contributed by atoms with E-state index in [4.69, 9.17) is 14.6 Å². The number of alkyl halides is 3. The second kappa shape index (κ2) is 10.8. The predicted molar refractivity (Wildman–Crippen MR) is 128 cm³/mol. The molecule has 8 nitrogen and oxygen atoms in total. The monoisotopic (exact) mass is 534 g/mol. The van der Waals surface area contributed by atoms with Crippen LogP contribution in [-0.2, 0) is 18.4 Å². The number of nitrogens with zero attached hydrogens (tertiary/aromatic N) is 3. The molecule has 3 atom stereocenters. The molecule has 5 rings (SSSR count). The summed E-state index contributed by atoms with van der Waals surface area (Å²) in [6.07, 6.45) is -3.46. The van der Waals surface area contributed by atoms with Gasteiger partial charge in [-0.15, -0.1) is 0 Å². The molecular weight excluding hydrogens is 508 g/mol. The predicted octanol–water partition coefficient (Wildman–Crippen LogP) is 3.90. The van der Waals surface area contributed by atoms with Crippen molar-refractivity contribution in [2.75, 3.05) is 20.2 Å². The van der Waals surface area contributed by atoms with Crippen LogP contribution in [0.4, 0.5) is 17.6 Å². The zero-order valence-electron chi connectivity index (χ0n) is 20.6. The minimum Gasteiger partial charge on any atom is -0.497 e. The molecule has 202 valence electrons. The number of fused-ring (bicyclic) bond motifs is 3. The highest BCUT2D eigenvalue weighted by molar-refractivity contribution is 5.92. The SMILES string of the molecule is COc1ccc(F)c(CN2C[C@@H]3[C@H](NC(=O)c4ccnn4C)c4ccccc4[C@@H]3C2)c1.O=C(O)C(F)(F)F. The lowest BCUT2D eigenvalue weighted by molar-refractivity contribution is -0.192. The first-order valence-corrected chi connectivity index (χ1v) is 11.7. The summed E-state index contributed by atoms with van der Waals surface area (Å²) in [7, 11) is 3.35. The van der Waals surface area contributed by atoms with Crippen molar-refractivity contribution in [2.24, 2.45) is 13.0 Å². The van der Waals surface area contributed by atoms with E-state index in [9.17, 15) is 22.4 Å². The second-order valence-electron chi connectivity index (χ2n) is 9.14. The standard InChI is InChI=1S/C24H25FN4O2.C2HF3O2/c1-28-22(9-10-26-28)24(30)27-23-18-6-4-3-5-17(18)19-13-29(14-20(19)23)12-15-11-16(31-2)7-8-21(15)25;3-2(4,5)1(6)7/h3-11,19-20,23H,12-14H2,1-2H3,(H,27,30);(H,6,7)/t19-,20-,23+;/m0./s1. The van der Waals surface area contributed by atoms with Crippen LogP contribution in [0.2, 0.25) is 0 Å². The third-order valence-corrected chi connectivity index (χ3v) is 6.83. The average Bonchev–Trinajstić information content (AvgIpc) is 3.56. The summed E-state index contributed by atoms with van der Waals surface area (Å²) < 4.78 is 53.0. The highest BCUT2D eigenvalue weighted by Gasteiger charge is 2.46. The van der Waals surface area contributed by atoms with Crippen LogP contribution in [0.5, 0.6) is 5.75 Å². The van der Waals surface area contributed by atoms with Crippen LogP contribution in [0.25, 0.3) is 0 Å². The van der Waals surface area contributed by atoms with Crippen molar-refractivity contribution >= 4 is 11.9 Å². The lowest BCUT2D eigenvalue weighted by atomic mass is 9.94. The van der Waals surface area contributed by atoms with E-state index >= 15 is 0 Å². The van der Waals surface area contributed by atoms with Gasteiger partial charge in [-0.05, 0) is 35.4 Å². The van der Waals surface area contributed by atoms with Gasteiger partial charge in [0.2, 0.25) is 0 Å². The average molecular weight is 535 g/mol. The summed E-state index contributed by atoms with van der Waals surface area (Å²) in [5.41, 5.74) is 3.62. The molecule has 1 aromatic heterocycles. The van der Waals surface area contributed by atoms with Crippen LogP contribution in [0.15, 0.2) is 54.7 Å². The molecule has 1 fully saturated rings. The number of hydrogen-bond acceptors (Lipinski definition) is 5. The van der Waals surface area contributed by atoms with Crippen molar-refractivity contribution in [3.63, 3.8) is 0 Å². The summed E-state index contributed by atoms with van der Waals surface area (Å²) >= 11 is 0. The van der Waals surface area contributed by atoms with Crippen molar-refractivity contribution in [1.82, 2.24) is 20.0 Å². The van der Waals surface area contributed by atoms with Gasteiger partial charge in [-0.3, -0.25) is 14.4 Å². The lowest BCUT2D eigenvalue weighted by Gasteiger charge is -2.23. The van der Waals surface area contributed by atoms with Crippen LogP contribution in [0.3, 0.4) is 0 Å². The van der Waals surface area contributed by atoms with Gasteiger partial charge in [-0.1, -0.05) is 24.3 Å². The smallest absolute Gasteiger partial charge is 0.490 e. The molecule has 2 heterocycles. The van der Waals surface area contributed by atoms with Crippen molar-refractivity contribution in [3.05, 3.63) is 82.9 Å². The van der Waals surface area contributed by atoms with E-state index in [0.29, 0.717) is 29.5 Å². The molecule has 0 saturated carbocycles. The van der Waals surface area contributed by atoms with Crippen molar-refractivity contribution in [3.8, 4) is 5.75 Å². The number of benzene rings is 2. The Morgan fingerprint density at radius 2 is 1.82 bits per heavy atom. The van der Waals surface area contributed by atoms with Gasteiger partial charge in [-0.2, -0.15) is 18.3 Å². The fourth-order valence-electron chi connectivity index (χ4n) is 5.11. The number of rotatable bonds is 5. The van der Waals surface area contributed by atoms with Gasteiger partial charge in [0.05, 0.1) is 13.2 Å². The quantitative estimate of drug-likeness (QED) is 0.482. The first-order valence-electron chi connectivity index (χ1n) is 11.7. The largest absolute Gasteiger partial charge is 0.497 e. The van der Waals surface area contributed by atoms with Gasteiger partial charge < -0.3 is 15.2 Å². The van der Waals surface area contributed by atoms with Crippen LogP contribution in [-0.4, -0.2) is 58.0 Å². The molecule has 3 aromatic rings. The Kier molecular flexibility index (Phi) is 7.72. The molecule has 0 spiro atoms. The zero-order chi connectivity index (χ0) is 27.6. The molecule has 1 aliphatic carbocycles. The number of methoxy groups -OCH3 is 1. The maximum absolute atomic E-state index is 14.4. The number of halogens is 4. The topological polar surface area (TPSA) is 96.7 Å². The summed E-state index contributed by atoms with van der Waals surface area (Å²) in [6.45, 7) is 2.13. The number of carboxylic acid groups (broad SMARTS) is 1. The van der Waals surface area contributed by atoms with Gasteiger partial charge in [0, 0.05) is 50.3 Å². The lowest BCUT2D eigenvalue weighted by Crippen LogP contribution is -2.34. The summed E-state index contributed by atoms with van der Waals surface area (Å²) in [5, 5.41) is 14.5. The number of likely N-dealkylation sites (tertiary alicyclic amines) is 1. The van der Waals surface area contributed by atoms with E-state index in [1.807, 2.05) is 12.1 Å². The number of ether oxygens (including phenoxy) is 1. The molecule has 1 amide bonds. The minimum absolute atomic E-state index is 0.0799. The fraction of sp³-hybridized carbons (Fsp3) is 0.346. The highest BCUT2D eigenvalue weighted by Crippen LogP contribution is 2.49. The Morgan fingerprint density at radius 3 is 2.42 bits per heavy atom. The number of carbonyl (C=O) groups excluding carboxylic acids is 1. The number of amides is 1. The number of carbonyl (C=O) groups is 2. The molecule has 2 N–H and O–H groups in total. The maximum atomic E-state index is 14.4. The number of nitrogens with one attached hydrogen (secondary N) is 1. The Morgan fingerprint density at radius 1 is 1.13 bits per heavy atom. The number of aliphatic carboxylic acids is 1. The van der Waals surface area contributed by atoms with E-state index in [1.165, 1.54) is 17.2 Å². The van der Waals surface area contributed by atoms with E-state index < -0.39 is 12.1 Å². The fourth-order valence-corrected chi connectivity index (χ4v) is 5.11. The van der Waals surface area contributed by atoms with Crippen molar-refractivity contribution in [2.45, 2.75) is 24.7 Å². The van der Waals surface area contributed by atoms with E-state index in [1.54, 1.807) is 43.2 Å². The Hall–Kier alpha value is -3.93. The van der Waals surface area contributed by atoms with Gasteiger partial charge in [0.15, 0.2) is 0 Å². The van der Waals surface area contributed by atoms with E-state index in [2.05, 4.69) is 27.4 Å². The van der Waals surface area contributed by atoms with E-state index in [-0.39, 0.29) is 23.7 Å². The number of aryl methyl sites for hydroxylation is 1. The van der Waals surface area contributed by atoms with Crippen LogP contribution in [0.1, 0.15) is 39.1 Å². The van der Waals surface area contributed by atoms with Gasteiger partial charge in [0.25, 0.3) is 5.91 Å². The highest BCUT2D eigenvalue weighted by atomic mass is 19.4. The number of aromatic nitrogens is 2. The van der Waals surface area contributed by atoms with Crippen LogP contribution < -0.4 is 10.1 Å². The van der Waals surface area contributed by atoms with Crippen molar-refractivity contribution < 1.29 is 37.0 Å². The summed E-state index contributed by atoms with van der Waals surface area (Å²) in [5.74, 6) is -1.91. The third kappa shape index (κ3) is 5.64. The third-order valence-electron chi connectivity index (χ3n) is 6.83. The molecule has 12 heteroatoms. The van der Waals surface area contributed by atoms with Gasteiger partial charge in [0.1, 0.15) is 17.3 Å². The first-order chi connectivity index (χ1) is 18.0. The van der Waals surface area contributed by atoms with Crippen molar-refractivity contribution in [1.29, 1.82) is 0 Å². The molecular formula is C26H26F4N4O4. The normalized spacial score (nSPS) is 20.2. The zero-order valence-corrected chi connectivity index (χ0v) is 20.6. The number of carboxylic acids is 1. The Labute approximate surface area is 215 Å². The minimum atomic E-state index is -5.08. The molecule has 0 unspecified atom stereocenters. The maximum Gasteiger partial charge on any atom is 0.490 e. The first kappa shape index (κ1) is 27.1. The molecule has 0 radical (unpaired) electrons. The second-order valence-corrected chi connectivity index (χ2v) is 9.14. The van der Waals surface area contributed by atoms with Gasteiger partial charge in [-0.25, -0.2) is 9.18 Å².